The summed E-state index contributed by atoms with van der Waals surface area (Å²) in [4.78, 5) is 12.5. The van der Waals surface area contributed by atoms with Gasteiger partial charge in [-0.05, 0) is 24.7 Å². The van der Waals surface area contributed by atoms with Gasteiger partial charge in [0.2, 0.25) is 5.91 Å². The fraction of sp³-hybridized carbons (Fsp3) is 0.933. The molecule has 1 saturated carbocycles. The van der Waals surface area contributed by atoms with Gasteiger partial charge < -0.3 is 16.2 Å². The van der Waals surface area contributed by atoms with Crippen LogP contribution < -0.4 is 11.1 Å². The van der Waals surface area contributed by atoms with Gasteiger partial charge in [-0.2, -0.15) is 0 Å². The number of rotatable bonds is 6. The van der Waals surface area contributed by atoms with Crippen LogP contribution in [-0.2, 0) is 4.79 Å². The second-order valence-electron chi connectivity index (χ2n) is 6.72. The van der Waals surface area contributed by atoms with Crippen LogP contribution in [0.15, 0.2) is 0 Å². The van der Waals surface area contributed by atoms with Crippen LogP contribution in [0.5, 0.6) is 0 Å². The van der Waals surface area contributed by atoms with E-state index in [-0.39, 0.29) is 23.3 Å². The highest BCUT2D eigenvalue weighted by Gasteiger charge is 2.37. The van der Waals surface area contributed by atoms with Crippen LogP contribution in [0.3, 0.4) is 0 Å². The van der Waals surface area contributed by atoms with Crippen LogP contribution in [0.25, 0.3) is 0 Å². The Morgan fingerprint density at radius 3 is 2.32 bits per heavy atom. The number of nitrogens with one attached hydrogen (secondary N) is 1. The summed E-state index contributed by atoms with van der Waals surface area (Å²) < 4.78 is 0. The van der Waals surface area contributed by atoms with Crippen LogP contribution in [0.2, 0.25) is 0 Å². The molecule has 0 aromatic heterocycles. The zero-order chi connectivity index (χ0) is 14.4. The highest BCUT2D eigenvalue weighted by Crippen LogP contribution is 2.34. The van der Waals surface area contributed by atoms with Crippen molar-refractivity contribution >= 4 is 5.91 Å². The molecule has 0 aromatic rings. The van der Waals surface area contributed by atoms with Gasteiger partial charge in [-0.25, -0.2) is 0 Å². The van der Waals surface area contributed by atoms with Crippen molar-refractivity contribution in [3.8, 4) is 0 Å². The molecule has 0 radical (unpaired) electrons. The number of amides is 1. The third-order valence-electron chi connectivity index (χ3n) is 4.45. The van der Waals surface area contributed by atoms with E-state index in [2.05, 4.69) is 19.2 Å². The largest absolute Gasteiger partial charge is 0.396 e. The fourth-order valence-corrected chi connectivity index (χ4v) is 2.83. The SMILES string of the molecule is CC(C)(CCO)CNC(=O)C1(CN)CCCCCC1. The van der Waals surface area contributed by atoms with E-state index in [1.165, 1.54) is 12.8 Å². The number of nitrogens with two attached hydrogens (primary N) is 1. The molecule has 112 valence electrons. The molecule has 1 aliphatic carbocycles. The second-order valence-corrected chi connectivity index (χ2v) is 6.72. The Balaban J connectivity index is 2.58. The van der Waals surface area contributed by atoms with E-state index >= 15 is 0 Å². The lowest BCUT2D eigenvalue weighted by molar-refractivity contribution is -0.131. The molecule has 19 heavy (non-hydrogen) atoms. The van der Waals surface area contributed by atoms with Crippen LogP contribution in [0.1, 0.15) is 58.8 Å². The van der Waals surface area contributed by atoms with E-state index in [0.717, 1.165) is 25.7 Å². The molecule has 1 amide bonds. The van der Waals surface area contributed by atoms with Crippen molar-refractivity contribution in [1.82, 2.24) is 5.32 Å². The summed E-state index contributed by atoms with van der Waals surface area (Å²) in [6, 6.07) is 0. The second kappa shape index (κ2) is 7.25. The molecule has 0 bridgehead atoms. The van der Waals surface area contributed by atoms with Crippen molar-refractivity contribution in [2.75, 3.05) is 19.7 Å². The summed E-state index contributed by atoms with van der Waals surface area (Å²) in [6.07, 6.45) is 7.15. The first-order valence-electron chi connectivity index (χ1n) is 7.55. The van der Waals surface area contributed by atoms with Gasteiger partial charge in [-0.15, -0.1) is 0 Å². The molecule has 0 saturated heterocycles. The lowest BCUT2D eigenvalue weighted by Crippen LogP contribution is -2.48. The molecule has 0 spiro atoms. The zero-order valence-electron chi connectivity index (χ0n) is 12.5. The number of carbonyl (C=O) groups is 1. The summed E-state index contributed by atoms with van der Waals surface area (Å²) in [6.45, 7) is 5.33. The van der Waals surface area contributed by atoms with Gasteiger partial charge in [-0.1, -0.05) is 39.5 Å². The first-order chi connectivity index (χ1) is 8.96. The average Bonchev–Trinajstić information content (AvgIpc) is 2.62. The molecule has 1 fully saturated rings. The first kappa shape index (κ1) is 16.4. The molecule has 4 heteroatoms. The van der Waals surface area contributed by atoms with Crippen molar-refractivity contribution in [3.05, 3.63) is 0 Å². The highest BCUT2D eigenvalue weighted by molar-refractivity contribution is 5.83. The molecule has 4 N–H and O–H groups in total. The molecule has 0 aromatic carbocycles. The monoisotopic (exact) mass is 270 g/mol. The Labute approximate surface area is 117 Å². The van der Waals surface area contributed by atoms with E-state index in [4.69, 9.17) is 10.8 Å². The molecular weight excluding hydrogens is 240 g/mol. The van der Waals surface area contributed by atoms with Gasteiger partial charge >= 0.3 is 0 Å². The Morgan fingerprint density at radius 2 is 1.84 bits per heavy atom. The molecule has 1 aliphatic rings. The summed E-state index contributed by atoms with van der Waals surface area (Å²) in [5.74, 6) is 0.114. The predicted molar refractivity (Wildman–Crippen MR) is 77.7 cm³/mol. The maximum absolute atomic E-state index is 12.5. The Hall–Kier alpha value is -0.610. The maximum Gasteiger partial charge on any atom is 0.227 e. The molecule has 1 rings (SSSR count). The standard InChI is InChI=1S/C15H30N2O2/c1-14(2,9-10-18)12-17-13(19)15(11-16)7-5-3-4-6-8-15/h18H,3-12,16H2,1-2H3,(H,17,19). The Bertz CT molecular complexity index is 282. The summed E-state index contributed by atoms with van der Waals surface area (Å²) >= 11 is 0. The summed E-state index contributed by atoms with van der Waals surface area (Å²) in [7, 11) is 0. The molecular formula is C15H30N2O2. The van der Waals surface area contributed by atoms with Gasteiger partial charge in [0.15, 0.2) is 0 Å². The van der Waals surface area contributed by atoms with E-state index in [1.807, 2.05) is 0 Å². The topological polar surface area (TPSA) is 75.3 Å². The normalized spacial score (nSPS) is 19.8. The predicted octanol–water partition coefficient (Wildman–Crippen LogP) is 1.81. The lowest BCUT2D eigenvalue weighted by atomic mass is 9.79. The van der Waals surface area contributed by atoms with Gasteiger partial charge in [0.1, 0.15) is 0 Å². The summed E-state index contributed by atoms with van der Waals surface area (Å²) in [5, 5.41) is 12.1. The zero-order valence-corrected chi connectivity index (χ0v) is 12.5. The van der Waals surface area contributed by atoms with E-state index in [1.54, 1.807) is 0 Å². The van der Waals surface area contributed by atoms with E-state index < -0.39 is 0 Å². The van der Waals surface area contributed by atoms with Crippen molar-refractivity contribution in [1.29, 1.82) is 0 Å². The van der Waals surface area contributed by atoms with Crippen LogP contribution in [0, 0.1) is 10.8 Å². The number of hydrogen-bond donors (Lipinski definition) is 3. The summed E-state index contributed by atoms with van der Waals surface area (Å²) in [5.41, 5.74) is 5.49. The van der Waals surface area contributed by atoms with Crippen molar-refractivity contribution in [3.63, 3.8) is 0 Å². The number of carbonyl (C=O) groups excluding carboxylic acids is 1. The Morgan fingerprint density at radius 1 is 1.26 bits per heavy atom. The van der Waals surface area contributed by atoms with Gasteiger partial charge in [0, 0.05) is 19.7 Å². The van der Waals surface area contributed by atoms with Crippen LogP contribution >= 0.6 is 0 Å². The van der Waals surface area contributed by atoms with Crippen molar-refractivity contribution in [2.24, 2.45) is 16.6 Å². The molecule has 4 nitrogen and oxygen atoms in total. The van der Waals surface area contributed by atoms with Gasteiger partial charge in [0.05, 0.1) is 5.41 Å². The third-order valence-corrected chi connectivity index (χ3v) is 4.45. The quantitative estimate of drug-likeness (QED) is 0.644. The van der Waals surface area contributed by atoms with Crippen molar-refractivity contribution < 1.29 is 9.90 Å². The number of hydrogen-bond acceptors (Lipinski definition) is 3. The maximum atomic E-state index is 12.5. The minimum Gasteiger partial charge on any atom is -0.396 e. The minimum absolute atomic E-state index is 0.0646. The lowest BCUT2D eigenvalue weighted by Gasteiger charge is -2.32. The van der Waals surface area contributed by atoms with Crippen LogP contribution in [-0.4, -0.2) is 30.7 Å². The highest BCUT2D eigenvalue weighted by atomic mass is 16.3. The van der Waals surface area contributed by atoms with E-state index in [9.17, 15) is 4.79 Å². The molecule has 0 aliphatic heterocycles. The Kier molecular flexibility index (Phi) is 6.27. The first-order valence-corrected chi connectivity index (χ1v) is 7.55. The molecule has 0 heterocycles. The smallest absolute Gasteiger partial charge is 0.227 e. The average molecular weight is 270 g/mol. The van der Waals surface area contributed by atoms with Gasteiger partial charge in [-0.3, -0.25) is 4.79 Å². The van der Waals surface area contributed by atoms with Gasteiger partial charge in [0.25, 0.3) is 0 Å². The number of aliphatic hydroxyl groups excluding tert-OH is 1. The van der Waals surface area contributed by atoms with Crippen LogP contribution in [0.4, 0.5) is 0 Å². The molecule has 0 unspecified atom stereocenters. The molecule has 0 atom stereocenters. The fourth-order valence-electron chi connectivity index (χ4n) is 2.83. The third kappa shape index (κ3) is 4.77. The number of aliphatic hydroxyl groups is 1. The minimum atomic E-state index is -0.355. The van der Waals surface area contributed by atoms with E-state index in [0.29, 0.717) is 19.5 Å². The van der Waals surface area contributed by atoms with Crippen molar-refractivity contribution in [2.45, 2.75) is 58.8 Å².